The van der Waals surface area contributed by atoms with Crippen LogP contribution in [0, 0.1) is 0 Å². The predicted octanol–water partition coefficient (Wildman–Crippen LogP) is 2.72. The topological polar surface area (TPSA) is 134 Å². The van der Waals surface area contributed by atoms with Gasteiger partial charge in [-0.2, -0.15) is 0 Å². The maximum atomic E-state index is 12.9. The number of ether oxygens (including phenoxy) is 1. The molecule has 0 aliphatic carbocycles. The van der Waals surface area contributed by atoms with Gasteiger partial charge in [0.1, 0.15) is 16.3 Å². The minimum absolute atomic E-state index is 0.0290. The van der Waals surface area contributed by atoms with Crippen molar-refractivity contribution in [3.05, 3.63) is 37.6 Å². The van der Waals surface area contributed by atoms with Crippen LogP contribution < -0.4 is 21.5 Å². The number of hydrogen-bond donors (Lipinski definition) is 3. The Labute approximate surface area is 197 Å². The maximum absolute atomic E-state index is 12.9. The van der Waals surface area contributed by atoms with Crippen LogP contribution in [0.2, 0.25) is 5.02 Å². The largest absolute Gasteiger partial charge is 0.504 e. The molecule has 0 aromatic heterocycles. The van der Waals surface area contributed by atoms with Crippen molar-refractivity contribution in [2.45, 2.75) is 63.2 Å². The van der Waals surface area contributed by atoms with Crippen LogP contribution in [0.1, 0.15) is 40.0 Å². The van der Waals surface area contributed by atoms with Crippen molar-refractivity contribution in [3.8, 4) is 5.75 Å². The van der Waals surface area contributed by atoms with Crippen molar-refractivity contribution in [3.63, 3.8) is 0 Å². The van der Waals surface area contributed by atoms with Gasteiger partial charge in [-0.25, -0.2) is 8.42 Å². The van der Waals surface area contributed by atoms with E-state index in [1.165, 1.54) is 19.2 Å². The molecule has 2 aromatic carbocycles. The lowest BCUT2D eigenvalue weighted by Crippen LogP contribution is -2.42. The molecule has 1 aliphatic heterocycles. The van der Waals surface area contributed by atoms with Crippen molar-refractivity contribution in [2.24, 2.45) is 0 Å². The zero-order valence-electron chi connectivity index (χ0n) is 18.8. The SMILES string of the molecule is CC[C@@H](Nc1c(Nc2ccc(Cl)c(S(=O)(=O)N(CC)OC)c2O)c(=O)c1=O)[C@H]1CC[C@@H](C)O1. The zero-order chi connectivity index (χ0) is 24.5. The number of nitrogens with zero attached hydrogens (tertiary/aromatic N) is 1. The average Bonchev–Trinajstić information content (AvgIpc) is 3.20. The number of phenols is 1. The summed E-state index contributed by atoms with van der Waals surface area (Å²) < 4.78 is 32.3. The van der Waals surface area contributed by atoms with Gasteiger partial charge >= 0.3 is 0 Å². The van der Waals surface area contributed by atoms with Crippen molar-refractivity contribution >= 4 is 38.7 Å². The van der Waals surface area contributed by atoms with Gasteiger partial charge in [-0.15, -0.1) is 0 Å². The normalized spacial score (nSPS) is 19.8. The summed E-state index contributed by atoms with van der Waals surface area (Å²) in [5.41, 5.74) is -1.57. The fourth-order valence-electron chi connectivity index (χ4n) is 3.95. The summed E-state index contributed by atoms with van der Waals surface area (Å²) in [6.45, 7) is 5.45. The second-order valence-electron chi connectivity index (χ2n) is 7.83. The van der Waals surface area contributed by atoms with Crippen LogP contribution in [-0.2, 0) is 19.6 Å². The van der Waals surface area contributed by atoms with E-state index in [1.807, 2.05) is 13.8 Å². The third-order valence-corrected chi connectivity index (χ3v) is 8.02. The number of rotatable bonds is 10. The van der Waals surface area contributed by atoms with E-state index in [0.29, 0.717) is 10.9 Å². The van der Waals surface area contributed by atoms with E-state index in [1.54, 1.807) is 6.92 Å². The average molecular weight is 502 g/mol. The molecule has 1 heterocycles. The van der Waals surface area contributed by atoms with Crippen molar-refractivity contribution in [1.29, 1.82) is 0 Å². The van der Waals surface area contributed by atoms with E-state index in [2.05, 4.69) is 10.6 Å². The molecule has 0 bridgehead atoms. The fourth-order valence-corrected chi connectivity index (χ4v) is 5.80. The maximum Gasteiger partial charge on any atom is 0.270 e. The van der Waals surface area contributed by atoms with Crippen LogP contribution in [0.3, 0.4) is 0 Å². The fraction of sp³-hybridized carbons (Fsp3) is 0.524. The standard InChI is InChI=1S/C21H28ClN3O7S/c1-5-13(15-10-7-11(3)32-15)23-16-17(20(28)19(16)27)24-14-9-8-12(22)21(18(14)26)33(29,30)25(6-2)31-4/h8-9,11,13,15,23-24,26H,5-7,10H2,1-4H3/t11-,13-,15-/m1/s1. The molecule has 3 rings (SSSR count). The van der Waals surface area contributed by atoms with Crippen LogP contribution in [0.25, 0.3) is 0 Å². The summed E-state index contributed by atoms with van der Waals surface area (Å²) in [4.78, 5) is 28.8. The molecule has 2 aromatic rings. The molecule has 0 spiro atoms. The van der Waals surface area contributed by atoms with Gasteiger partial charge in [-0.1, -0.05) is 23.0 Å². The van der Waals surface area contributed by atoms with Gasteiger partial charge in [0.05, 0.1) is 36.1 Å². The smallest absolute Gasteiger partial charge is 0.270 e. The molecule has 0 amide bonds. The zero-order valence-corrected chi connectivity index (χ0v) is 20.4. The van der Waals surface area contributed by atoms with Crippen molar-refractivity contribution in [1.82, 2.24) is 4.47 Å². The summed E-state index contributed by atoms with van der Waals surface area (Å²) in [5.74, 6) is -0.697. The van der Waals surface area contributed by atoms with Crippen molar-refractivity contribution < 1.29 is 23.1 Å². The van der Waals surface area contributed by atoms with E-state index < -0.39 is 31.5 Å². The number of benzene rings is 1. The first kappa shape index (κ1) is 25.4. The highest BCUT2D eigenvalue weighted by molar-refractivity contribution is 7.89. The van der Waals surface area contributed by atoms with Crippen LogP contribution in [0.4, 0.5) is 17.1 Å². The number of nitrogens with one attached hydrogen (secondary N) is 2. The molecule has 182 valence electrons. The Morgan fingerprint density at radius 3 is 2.45 bits per heavy atom. The number of hydrogen-bond acceptors (Lipinski definition) is 9. The number of anilines is 3. The molecule has 0 unspecified atom stereocenters. The summed E-state index contributed by atoms with van der Waals surface area (Å²) in [5, 5.41) is 16.3. The predicted molar refractivity (Wildman–Crippen MR) is 126 cm³/mol. The molecule has 10 nitrogen and oxygen atoms in total. The molecule has 0 radical (unpaired) electrons. The summed E-state index contributed by atoms with van der Waals surface area (Å²) in [6, 6.07) is 2.40. The molecular weight excluding hydrogens is 474 g/mol. The van der Waals surface area contributed by atoms with Gasteiger partial charge in [0.15, 0.2) is 5.75 Å². The molecule has 33 heavy (non-hydrogen) atoms. The molecular formula is C21H28ClN3O7S. The van der Waals surface area contributed by atoms with Crippen molar-refractivity contribution in [2.75, 3.05) is 24.3 Å². The Morgan fingerprint density at radius 1 is 1.24 bits per heavy atom. The van der Waals surface area contributed by atoms with E-state index >= 15 is 0 Å². The van der Waals surface area contributed by atoms with E-state index in [0.717, 1.165) is 12.8 Å². The molecule has 1 saturated heterocycles. The molecule has 0 saturated carbocycles. The van der Waals surface area contributed by atoms with Crippen LogP contribution >= 0.6 is 11.6 Å². The third-order valence-electron chi connectivity index (χ3n) is 5.72. The number of sulfonamides is 1. The Hall–Kier alpha value is -2.18. The second-order valence-corrected chi connectivity index (χ2v) is 10.0. The Kier molecular flexibility index (Phi) is 7.69. The first-order valence-electron chi connectivity index (χ1n) is 10.7. The van der Waals surface area contributed by atoms with Gasteiger partial charge in [0.2, 0.25) is 0 Å². The molecule has 12 heteroatoms. The number of aromatic hydroxyl groups is 1. The summed E-state index contributed by atoms with van der Waals surface area (Å²) >= 11 is 6.07. The quantitative estimate of drug-likeness (QED) is 0.255. The van der Waals surface area contributed by atoms with Crippen LogP contribution in [0.5, 0.6) is 5.75 Å². The monoisotopic (exact) mass is 501 g/mol. The summed E-state index contributed by atoms with van der Waals surface area (Å²) in [7, 11) is -3.12. The number of hydroxylamine groups is 1. The van der Waals surface area contributed by atoms with Gasteiger partial charge in [-0.05, 0) is 45.2 Å². The summed E-state index contributed by atoms with van der Waals surface area (Å²) in [6.07, 6.45) is 2.42. The van der Waals surface area contributed by atoms with E-state index in [-0.39, 0.29) is 46.9 Å². The lowest BCUT2D eigenvalue weighted by Gasteiger charge is -2.26. The first-order valence-corrected chi connectivity index (χ1v) is 12.5. The van der Waals surface area contributed by atoms with E-state index in [9.17, 15) is 23.1 Å². The molecule has 3 N–H and O–H groups in total. The molecule has 3 atom stereocenters. The minimum atomic E-state index is -4.30. The third kappa shape index (κ3) is 4.73. The lowest BCUT2D eigenvalue weighted by molar-refractivity contribution is -0.0443. The van der Waals surface area contributed by atoms with Crippen LogP contribution in [0.15, 0.2) is 26.6 Å². The molecule has 1 aliphatic rings. The minimum Gasteiger partial charge on any atom is -0.504 e. The van der Waals surface area contributed by atoms with Crippen LogP contribution in [-0.4, -0.2) is 49.9 Å². The first-order chi connectivity index (χ1) is 15.6. The van der Waals surface area contributed by atoms with Gasteiger partial charge in [0.25, 0.3) is 20.9 Å². The highest BCUT2D eigenvalue weighted by Crippen LogP contribution is 2.40. The Bertz CT molecular complexity index is 1190. The number of phenolic OH excluding ortho intramolecular Hbond substituents is 1. The number of halogens is 1. The lowest BCUT2D eigenvalue weighted by atomic mass is 10.0. The Balaban J connectivity index is 1.93. The van der Waals surface area contributed by atoms with Gasteiger partial charge in [-0.3, -0.25) is 14.4 Å². The molecule has 1 fully saturated rings. The highest BCUT2D eigenvalue weighted by Gasteiger charge is 2.34. The van der Waals surface area contributed by atoms with Gasteiger partial charge < -0.3 is 20.5 Å². The Morgan fingerprint density at radius 2 is 1.91 bits per heavy atom. The second kappa shape index (κ2) is 9.98. The van der Waals surface area contributed by atoms with E-state index in [4.69, 9.17) is 21.2 Å². The highest BCUT2D eigenvalue weighted by atomic mass is 35.5. The van der Waals surface area contributed by atoms with Gasteiger partial charge in [0, 0.05) is 6.54 Å².